The van der Waals surface area contributed by atoms with Gasteiger partial charge in [-0.1, -0.05) is 13.3 Å². The molecule has 0 aromatic heterocycles. The van der Waals surface area contributed by atoms with Gasteiger partial charge >= 0.3 is 0 Å². The third kappa shape index (κ3) is 1.77. The van der Waals surface area contributed by atoms with Crippen molar-refractivity contribution in [3.63, 3.8) is 0 Å². The number of hydrogen-bond donors (Lipinski definition) is 0. The zero-order valence-corrected chi connectivity index (χ0v) is 13.2. The van der Waals surface area contributed by atoms with Crippen LogP contribution in [-0.4, -0.2) is 6.61 Å². The lowest BCUT2D eigenvalue weighted by atomic mass is 9.91. The summed E-state index contributed by atoms with van der Waals surface area (Å²) in [5.41, 5.74) is 4.61. The van der Waals surface area contributed by atoms with Gasteiger partial charge in [-0.3, -0.25) is 0 Å². The average molecular weight is 360 g/mol. The Kier molecular flexibility index (Phi) is 3.24. The van der Waals surface area contributed by atoms with Gasteiger partial charge in [0.15, 0.2) is 0 Å². The van der Waals surface area contributed by atoms with E-state index in [2.05, 4.69) is 38.8 Å². The third-order valence-electron chi connectivity index (χ3n) is 3.97. The summed E-state index contributed by atoms with van der Waals surface area (Å²) in [6.07, 6.45) is 6.20. The van der Waals surface area contributed by atoms with Crippen LogP contribution in [0.15, 0.2) is 8.95 Å². The Morgan fingerprint density at radius 3 is 2.76 bits per heavy atom. The number of fused-ring (bicyclic) bond motifs is 3. The van der Waals surface area contributed by atoms with Crippen LogP contribution in [0.5, 0.6) is 5.75 Å². The van der Waals surface area contributed by atoms with Gasteiger partial charge in [-0.05, 0) is 68.2 Å². The van der Waals surface area contributed by atoms with E-state index in [4.69, 9.17) is 4.74 Å². The van der Waals surface area contributed by atoms with Crippen molar-refractivity contribution in [3.8, 4) is 5.75 Å². The van der Waals surface area contributed by atoms with Gasteiger partial charge in [0.1, 0.15) is 5.75 Å². The molecule has 1 aromatic rings. The van der Waals surface area contributed by atoms with Gasteiger partial charge in [0.05, 0.1) is 11.1 Å². The van der Waals surface area contributed by atoms with Crippen molar-refractivity contribution in [2.45, 2.75) is 44.9 Å². The fourth-order valence-corrected chi connectivity index (χ4v) is 4.46. The number of benzene rings is 1. The number of ether oxygens (including phenoxy) is 1. The lowest BCUT2D eigenvalue weighted by molar-refractivity contribution is 0.354. The van der Waals surface area contributed by atoms with Gasteiger partial charge in [-0.2, -0.15) is 0 Å². The summed E-state index contributed by atoms with van der Waals surface area (Å²) in [6.45, 7) is 3.12. The molecular formula is C14H16Br2O. The van der Waals surface area contributed by atoms with E-state index in [9.17, 15) is 0 Å². The second-order valence-corrected chi connectivity index (χ2v) is 6.54. The van der Waals surface area contributed by atoms with Crippen molar-refractivity contribution in [2.75, 3.05) is 6.61 Å². The van der Waals surface area contributed by atoms with Crippen LogP contribution in [0.25, 0.3) is 0 Å². The summed E-state index contributed by atoms with van der Waals surface area (Å²) >= 11 is 7.41. The molecule has 0 amide bonds. The molecule has 0 saturated carbocycles. The predicted molar refractivity (Wildman–Crippen MR) is 77.0 cm³/mol. The smallest absolute Gasteiger partial charge is 0.138 e. The monoisotopic (exact) mass is 358 g/mol. The van der Waals surface area contributed by atoms with Gasteiger partial charge in [0.2, 0.25) is 0 Å². The van der Waals surface area contributed by atoms with Crippen LogP contribution in [0.1, 0.15) is 48.8 Å². The van der Waals surface area contributed by atoms with Crippen molar-refractivity contribution in [2.24, 2.45) is 0 Å². The molecule has 3 rings (SSSR count). The van der Waals surface area contributed by atoms with Gasteiger partial charge in [0.25, 0.3) is 0 Å². The fourth-order valence-electron chi connectivity index (χ4n) is 3.28. The van der Waals surface area contributed by atoms with Gasteiger partial charge in [-0.25, -0.2) is 0 Å². The quantitative estimate of drug-likeness (QED) is 0.723. The number of rotatable bonds is 2. The van der Waals surface area contributed by atoms with Crippen LogP contribution in [0.2, 0.25) is 0 Å². The molecule has 3 heteroatoms. The minimum atomic E-state index is 0.759. The molecular weight excluding hydrogens is 344 g/mol. The minimum Gasteiger partial charge on any atom is -0.492 e. The topological polar surface area (TPSA) is 9.23 Å². The molecule has 0 saturated heterocycles. The molecule has 1 unspecified atom stereocenters. The van der Waals surface area contributed by atoms with E-state index in [1.54, 1.807) is 5.56 Å². The molecule has 0 N–H and O–H groups in total. The van der Waals surface area contributed by atoms with Crippen molar-refractivity contribution < 1.29 is 4.74 Å². The second kappa shape index (κ2) is 4.58. The van der Waals surface area contributed by atoms with E-state index in [1.807, 2.05) is 0 Å². The van der Waals surface area contributed by atoms with E-state index >= 15 is 0 Å². The Morgan fingerprint density at radius 2 is 2.00 bits per heavy atom. The highest BCUT2D eigenvalue weighted by molar-refractivity contribution is 9.13. The third-order valence-corrected chi connectivity index (χ3v) is 6.13. The van der Waals surface area contributed by atoms with Crippen LogP contribution in [0.3, 0.4) is 0 Å². The summed E-state index contributed by atoms with van der Waals surface area (Å²) in [5, 5.41) is 0. The zero-order valence-electron chi connectivity index (χ0n) is 9.98. The van der Waals surface area contributed by atoms with Gasteiger partial charge in [0, 0.05) is 16.5 Å². The first kappa shape index (κ1) is 12.0. The first-order chi connectivity index (χ1) is 8.24. The van der Waals surface area contributed by atoms with E-state index in [0.717, 1.165) is 29.2 Å². The maximum atomic E-state index is 5.78. The summed E-state index contributed by atoms with van der Waals surface area (Å²) in [5.74, 6) is 1.86. The lowest BCUT2D eigenvalue weighted by Gasteiger charge is -2.16. The molecule has 1 aliphatic heterocycles. The summed E-state index contributed by atoms with van der Waals surface area (Å²) in [4.78, 5) is 0. The van der Waals surface area contributed by atoms with Crippen LogP contribution in [0.4, 0.5) is 0 Å². The van der Waals surface area contributed by atoms with E-state index in [1.165, 1.54) is 41.3 Å². The predicted octanol–water partition coefficient (Wildman–Crippen LogP) is 4.98. The fraction of sp³-hybridized carbons (Fsp3) is 0.571. The van der Waals surface area contributed by atoms with Gasteiger partial charge in [-0.15, -0.1) is 0 Å². The van der Waals surface area contributed by atoms with Gasteiger partial charge < -0.3 is 4.74 Å². The Morgan fingerprint density at radius 1 is 1.18 bits per heavy atom. The van der Waals surface area contributed by atoms with Crippen molar-refractivity contribution in [1.29, 1.82) is 0 Å². The number of halogens is 2. The maximum absolute atomic E-state index is 5.78. The average Bonchev–Trinajstić information content (AvgIpc) is 2.92. The van der Waals surface area contributed by atoms with Crippen molar-refractivity contribution in [1.82, 2.24) is 0 Å². The highest BCUT2D eigenvalue weighted by Crippen LogP contribution is 2.51. The molecule has 1 aliphatic carbocycles. The first-order valence-corrected chi connectivity index (χ1v) is 7.98. The molecule has 2 aliphatic rings. The molecule has 1 heterocycles. The molecule has 17 heavy (non-hydrogen) atoms. The molecule has 0 fully saturated rings. The summed E-state index contributed by atoms with van der Waals surface area (Å²) in [7, 11) is 0. The largest absolute Gasteiger partial charge is 0.492 e. The van der Waals surface area contributed by atoms with Crippen LogP contribution < -0.4 is 4.74 Å². The molecule has 0 bridgehead atoms. The Balaban J connectivity index is 2.18. The Bertz CT molecular complexity index is 468. The molecule has 1 nitrogen and oxygen atoms in total. The molecule has 0 radical (unpaired) electrons. The normalized spacial score (nSPS) is 21.2. The standard InChI is InChI=1S/C14H16Br2O/c1-2-3-8-4-5-9-11(8)10-6-7-17-14(10)13(16)12(9)15/h8H,2-7H2,1H3. The van der Waals surface area contributed by atoms with Crippen LogP contribution in [0, 0.1) is 0 Å². The molecule has 92 valence electrons. The zero-order chi connectivity index (χ0) is 12.0. The number of hydrogen-bond acceptors (Lipinski definition) is 1. The highest BCUT2D eigenvalue weighted by atomic mass is 79.9. The SMILES string of the molecule is CCCC1CCc2c(Br)c(Br)c3c(c21)CCO3. The Labute approximate surface area is 119 Å². The summed E-state index contributed by atoms with van der Waals surface area (Å²) in [6, 6.07) is 0. The van der Waals surface area contributed by atoms with Crippen LogP contribution in [-0.2, 0) is 12.8 Å². The maximum Gasteiger partial charge on any atom is 0.138 e. The van der Waals surface area contributed by atoms with E-state index in [-0.39, 0.29) is 0 Å². The molecule has 1 aromatic carbocycles. The summed E-state index contributed by atoms with van der Waals surface area (Å²) < 4.78 is 8.14. The lowest BCUT2D eigenvalue weighted by Crippen LogP contribution is -1.98. The molecule has 0 spiro atoms. The minimum absolute atomic E-state index is 0.759. The first-order valence-electron chi connectivity index (χ1n) is 6.39. The highest BCUT2D eigenvalue weighted by Gasteiger charge is 2.33. The van der Waals surface area contributed by atoms with Crippen molar-refractivity contribution >= 4 is 31.9 Å². The van der Waals surface area contributed by atoms with Crippen LogP contribution >= 0.6 is 31.9 Å². The molecule has 1 atom stereocenters. The van der Waals surface area contributed by atoms with E-state index < -0.39 is 0 Å². The van der Waals surface area contributed by atoms with Crippen molar-refractivity contribution in [3.05, 3.63) is 25.6 Å². The Hall–Kier alpha value is -0.0200. The second-order valence-electron chi connectivity index (χ2n) is 4.95. The van der Waals surface area contributed by atoms with E-state index in [0.29, 0.717) is 0 Å².